The Balaban J connectivity index is 2.51. The number of anilines is 1. The van der Waals surface area contributed by atoms with Crippen molar-refractivity contribution in [2.24, 2.45) is 0 Å². The van der Waals surface area contributed by atoms with Gasteiger partial charge in [-0.15, -0.1) is 0 Å². The Hall–Kier alpha value is -2.69. The van der Waals surface area contributed by atoms with Gasteiger partial charge in [-0.3, -0.25) is 14.8 Å². The molecule has 2 aromatic rings. The van der Waals surface area contributed by atoms with Crippen LogP contribution in [0.4, 0.5) is 28.9 Å². The average Bonchev–Trinajstić information content (AvgIpc) is 2.48. The van der Waals surface area contributed by atoms with Crippen molar-refractivity contribution < 1.29 is 30.9 Å². The predicted octanol–water partition coefficient (Wildman–Crippen LogP) is 3.55. The van der Waals surface area contributed by atoms with E-state index in [-0.39, 0.29) is 0 Å². The van der Waals surface area contributed by atoms with Gasteiger partial charge in [-0.1, -0.05) is 12.1 Å². The minimum Gasteiger partial charge on any atom is -0.276 e. The molecule has 0 fully saturated rings. The van der Waals surface area contributed by atoms with Crippen molar-refractivity contribution in [1.29, 1.82) is 0 Å². The minimum atomic E-state index is -4.95. The van der Waals surface area contributed by atoms with Crippen molar-refractivity contribution in [3.8, 4) is 0 Å². The van der Waals surface area contributed by atoms with Crippen LogP contribution >= 0.6 is 0 Å². The van der Waals surface area contributed by atoms with E-state index in [1.165, 1.54) is 0 Å². The Labute approximate surface area is 132 Å². The fraction of sp³-hybridized carbons (Fsp3) is 0.0769. The lowest BCUT2D eigenvalue weighted by atomic mass is 10.2. The highest BCUT2D eigenvalue weighted by molar-refractivity contribution is 7.92. The Morgan fingerprint density at radius 2 is 1.71 bits per heavy atom. The van der Waals surface area contributed by atoms with Crippen LogP contribution in [0.25, 0.3) is 0 Å². The number of rotatable bonds is 4. The van der Waals surface area contributed by atoms with Gasteiger partial charge in [0, 0.05) is 12.1 Å². The molecule has 0 atom stereocenters. The number of nitro benzene ring substituents is 1. The average molecular weight is 364 g/mol. The largest absolute Gasteiger partial charge is 0.417 e. The first-order valence-corrected chi connectivity index (χ1v) is 7.63. The lowest BCUT2D eigenvalue weighted by molar-refractivity contribution is -0.384. The molecule has 0 amide bonds. The summed E-state index contributed by atoms with van der Waals surface area (Å²) in [4.78, 5) is 8.62. The summed E-state index contributed by atoms with van der Waals surface area (Å²) in [5.74, 6) is -1.17. The van der Waals surface area contributed by atoms with Gasteiger partial charge in [0.2, 0.25) is 0 Å². The van der Waals surface area contributed by atoms with Gasteiger partial charge in [-0.25, -0.2) is 12.8 Å². The number of hydrogen-bond donors (Lipinski definition) is 1. The van der Waals surface area contributed by atoms with Crippen LogP contribution in [0.5, 0.6) is 0 Å². The van der Waals surface area contributed by atoms with Crippen LogP contribution < -0.4 is 4.72 Å². The van der Waals surface area contributed by atoms with Gasteiger partial charge >= 0.3 is 6.18 Å². The highest BCUT2D eigenvalue weighted by Crippen LogP contribution is 2.35. The van der Waals surface area contributed by atoms with Gasteiger partial charge in [0.25, 0.3) is 15.7 Å². The number of benzene rings is 2. The van der Waals surface area contributed by atoms with Gasteiger partial charge in [0.05, 0.1) is 21.1 Å². The maximum Gasteiger partial charge on any atom is 0.417 e. The van der Waals surface area contributed by atoms with Crippen molar-refractivity contribution >= 4 is 21.4 Å². The Morgan fingerprint density at radius 1 is 1.08 bits per heavy atom. The molecular formula is C13H8F4N2O4S. The standard InChI is InChI=1S/C13H8F4N2O4S/c14-10-6-5-8(19(20)21)7-11(10)18-24(22,23)12-4-2-1-3-9(12)13(15,16)17/h1-7,18H. The molecule has 0 bridgehead atoms. The van der Waals surface area contributed by atoms with Crippen LogP contribution in [-0.2, 0) is 16.2 Å². The summed E-state index contributed by atoms with van der Waals surface area (Å²) in [6, 6.07) is 5.30. The second-order valence-electron chi connectivity index (χ2n) is 4.52. The maximum absolute atomic E-state index is 13.6. The van der Waals surface area contributed by atoms with Crippen LogP contribution in [0, 0.1) is 15.9 Å². The Morgan fingerprint density at radius 3 is 2.29 bits per heavy atom. The van der Waals surface area contributed by atoms with Crippen molar-refractivity contribution in [2.45, 2.75) is 11.1 Å². The van der Waals surface area contributed by atoms with Crippen LogP contribution in [-0.4, -0.2) is 13.3 Å². The van der Waals surface area contributed by atoms with E-state index < -0.39 is 48.8 Å². The van der Waals surface area contributed by atoms with Gasteiger partial charge < -0.3 is 0 Å². The molecular weight excluding hydrogens is 356 g/mol. The van der Waals surface area contributed by atoms with E-state index in [1.807, 2.05) is 0 Å². The number of hydrogen-bond acceptors (Lipinski definition) is 4. The number of halogens is 4. The van der Waals surface area contributed by atoms with Crippen molar-refractivity contribution in [1.82, 2.24) is 0 Å². The fourth-order valence-electron chi connectivity index (χ4n) is 1.84. The molecule has 2 rings (SSSR count). The second kappa shape index (κ2) is 6.07. The number of non-ortho nitro benzene ring substituents is 1. The molecule has 1 N–H and O–H groups in total. The molecule has 2 aromatic carbocycles. The molecule has 0 unspecified atom stereocenters. The maximum atomic E-state index is 13.6. The molecule has 128 valence electrons. The predicted molar refractivity (Wildman–Crippen MR) is 75.3 cm³/mol. The van der Waals surface area contributed by atoms with Crippen LogP contribution in [0.1, 0.15) is 5.56 Å². The molecule has 0 aromatic heterocycles. The molecule has 11 heteroatoms. The van der Waals surface area contributed by atoms with E-state index in [9.17, 15) is 36.1 Å². The molecule has 0 spiro atoms. The number of nitro groups is 1. The van der Waals surface area contributed by atoms with Crippen LogP contribution in [0.3, 0.4) is 0 Å². The third kappa shape index (κ3) is 3.62. The molecule has 0 aliphatic rings. The van der Waals surface area contributed by atoms with Gasteiger partial charge in [0.15, 0.2) is 0 Å². The second-order valence-corrected chi connectivity index (χ2v) is 6.17. The normalized spacial score (nSPS) is 12.0. The third-order valence-corrected chi connectivity index (χ3v) is 4.31. The van der Waals surface area contributed by atoms with Gasteiger partial charge in [-0.05, 0) is 18.2 Å². The number of nitrogens with zero attached hydrogens (tertiary/aromatic N) is 1. The molecule has 24 heavy (non-hydrogen) atoms. The first-order valence-electron chi connectivity index (χ1n) is 6.15. The zero-order valence-electron chi connectivity index (χ0n) is 11.5. The van der Waals surface area contributed by atoms with Gasteiger partial charge in [-0.2, -0.15) is 13.2 Å². The van der Waals surface area contributed by atoms with Crippen LogP contribution in [0.2, 0.25) is 0 Å². The smallest absolute Gasteiger partial charge is 0.276 e. The summed E-state index contributed by atoms with van der Waals surface area (Å²) in [6.45, 7) is 0. The van der Waals surface area contributed by atoms with E-state index in [0.29, 0.717) is 24.3 Å². The number of alkyl halides is 3. The third-order valence-electron chi connectivity index (χ3n) is 2.89. The lowest BCUT2D eigenvalue weighted by Crippen LogP contribution is -2.19. The minimum absolute atomic E-state index is 0.554. The molecule has 0 aliphatic carbocycles. The first-order chi connectivity index (χ1) is 11.0. The zero-order valence-corrected chi connectivity index (χ0v) is 12.4. The summed E-state index contributed by atoms with van der Waals surface area (Å²) >= 11 is 0. The van der Waals surface area contributed by atoms with Crippen molar-refractivity contribution in [3.05, 3.63) is 64.0 Å². The molecule has 0 saturated heterocycles. The van der Waals surface area contributed by atoms with Crippen molar-refractivity contribution in [3.63, 3.8) is 0 Å². The highest BCUT2D eigenvalue weighted by atomic mass is 32.2. The summed E-state index contributed by atoms with van der Waals surface area (Å²) in [7, 11) is -4.82. The Kier molecular flexibility index (Phi) is 4.47. The van der Waals surface area contributed by atoms with E-state index >= 15 is 0 Å². The molecule has 6 nitrogen and oxygen atoms in total. The van der Waals surface area contributed by atoms with E-state index in [4.69, 9.17) is 0 Å². The highest BCUT2D eigenvalue weighted by Gasteiger charge is 2.37. The van der Waals surface area contributed by atoms with Gasteiger partial charge in [0.1, 0.15) is 5.82 Å². The first kappa shape index (κ1) is 17.7. The van der Waals surface area contributed by atoms with Crippen molar-refractivity contribution in [2.75, 3.05) is 4.72 Å². The molecule has 0 radical (unpaired) electrons. The summed E-state index contributed by atoms with van der Waals surface area (Å²) in [6.07, 6.45) is -4.95. The SMILES string of the molecule is O=[N+]([O-])c1ccc(F)c(NS(=O)(=O)c2ccccc2C(F)(F)F)c1. The summed E-state index contributed by atoms with van der Waals surface area (Å²) < 4.78 is 78.3. The monoisotopic (exact) mass is 364 g/mol. The van der Waals surface area contributed by atoms with E-state index in [2.05, 4.69) is 0 Å². The molecule has 0 aliphatic heterocycles. The lowest BCUT2D eigenvalue weighted by Gasteiger charge is -2.14. The number of sulfonamides is 1. The molecule has 0 heterocycles. The molecule has 0 saturated carbocycles. The van der Waals surface area contributed by atoms with E-state index in [0.717, 1.165) is 18.2 Å². The summed E-state index contributed by atoms with van der Waals surface area (Å²) in [5, 5.41) is 10.6. The summed E-state index contributed by atoms with van der Waals surface area (Å²) in [5.41, 5.74) is -2.90. The quantitative estimate of drug-likeness (QED) is 0.510. The number of nitrogens with one attached hydrogen (secondary N) is 1. The fourth-order valence-corrected chi connectivity index (χ4v) is 3.13. The topological polar surface area (TPSA) is 89.3 Å². The van der Waals surface area contributed by atoms with E-state index in [1.54, 1.807) is 4.72 Å². The Bertz CT molecular complexity index is 897. The zero-order chi connectivity index (χ0) is 18.1. The van der Waals surface area contributed by atoms with Crippen LogP contribution in [0.15, 0.2) is 47.4 Å².